The van der Waals surface area contributed by atoms with Gasteiger partial charge in [-0.25, -0.2) is 0 Å². The Labute approximate surface area is 96.0 Å². The maximum atomic E-state index is 8.59. The molecule has 1 atom stereocenters. The smallest absolute Gasteiger partial charge is 0.142 e. The van der Waals surface area contributed by atoms with E-state index in [1.807, 2.05) is 29.2 Å². The van der Waals surface area contributed by atoms with E-state index in [2.05, 4.69) is 5.16 Å². The van der Waals surface area contributed by atoms with Crippen LogP contribution >= 0.6 is 0 Å². The first-order chi connectivity index (χ1) is 7.81. The molecule has 2 aliphatic rings. The fourth-order valence-corrected chi connectivity index (χ4v) is 2.22. The summed E-state index contributed by atoms with van der Waals surface area (Å²) in [6, 6.07) is 0. The first kappa shape index (κ1) is 11.3. The molecule has 0 radical (unpaired) electrons. The van der Waals surface area contributed by atoms with E-state index < -0.39 is 0 Å². The SMILES string of the molecule is CN1C=CN(COC2CCCC2)C1/C=N\O. The monoisotopic (exact) mass is 225 g/mol. The molecule has 16 heavy (non-hydrogen) atoms. The predicted molar refractivity (Wildman–Crippen MR) is 61.0 cm³/mol. The number of hydrogen-bond acceptors (Lipinski definition) is 5. The van der Waals surface area contributed by atoms with Crippen molar-refractivity contribution in [2.75, 3.05) is 13.8 Å². The maximum absolute atomic E-state index is 8.59. The molecule has 2 rings (SSSR count). The minimum Gasteiger partial charge on any atom is -0.411 e. The standard InChI is InChI=1S/C11H19N3O2/c1-13-6-7-14(11(13)8-12-15)9-16-10-4-2-3-5-10/h6-8,10-11,15H,2-5,9H2,1H3/b12-8-. The van der Waals surface area contributed by atoms with Crippen LogP contribution in [0, 0.1) is 0 Å². The van der Waals surface area contributed by atoms with E-state index >= 15 is 0 Å². The molecule has 90 valence electrons. The van der Waals surface area contributed by atoms with Gasteiger partial charge in [0.25, 0.3) is 0 Å². The molecule has 5 heteroatoms. The molecule has 1 heterocycles. The van der Waals surface area contributed by atoms with Crippen LogP contribution in [-0.2, 0) is 4.74 Å². The molecule has 1 unspecified atom stereocenters. The summed E-state index contributed by atoms with van der Waals surface area (Å²) in [7, 11) is 1.94. The van der Waals surface area contributed by atoms with E-state index in [4.69, 9.17) is 9.94 Å². The second-order valence-electron chi connectivity index (χ2n) is 4.36. The zero-order valence-corrected chi connectivity index (χ0v) is 9.62. The Morgan fingerprint density at radius 1 is 1.44 bits per heavy atom. The molecular formula is C11H19N3O2. The van der Waals surface area contributed by atoms with Crippen molar-refractivity contribution in [3.8, 4) is 0 Å². The van der Waals surface area contributed by atoms with Gasteiger partial charge in [0.1, 0.15) is 12.9 Å². The third kappa shape index (κ3) is 2.47. The van der Waals surface area contributed by atoms with Crippen LogP contribution in [0.4, 0.5) is 0 Å². The van der Waals surface area contributed by atoms with Gasteiger partial charge < -0.3 is 19.7 Å². The first-order valence-electron chi connectivity index (χ1n) is 5.76. The minimum atomic E-state index is -0.0357. The summed E-state index contributed by atoms with van der Waals surface area (Å²) < 4.78 is 5.82. The predicted octanol–water partition coefficient (Wildman–Crippen LogP) is 1.41. The molecule has 0 aromatic rings. The molecule has 0 aromatic carbocycles. The van der Waals surface area contributed by atoms with Crippen LogP contribution in [-0.4, -0.2) is 47.3 Å². The summed E-state index contributed by atoms with van der Waals surface area (Å²) in [5.74, 6) is 0. The number of rotatable bonds is 4. The Morgan fingerprint density at radius 2 is 2.19 bits per heavy atom. The quantitative estimate of drug-likeness (QED) is 0.446. The van der Waals surface area contributed by atoms with Crippen molar-refractivity contribution < 1.29 is 9.94 Å². The molecule has 1 fully saturated rings. The zero-order chi connectivity index (χ0) is 11.4. The van der Waals surface area contributed by atoms with E-state index in [9.17, 15) is 0 Å². The molecule has 1 N–H and O–H groups in total. The number of ether oxygens (including phenoxy) is 1. The third-order valence-corrected chi connectivity index (χ3v) is 3.21. The van der Waals surface area contributed by atoms with Crippen LogP contribution < -0.4 is 0 Å². The highest BCUT2D eigenvalue weighted by atomic mass is 16.5. The highest BCUT2D eigenvalue weighted by molar-refractivity contribution is 5.64. The van der Waals surface area contributed by atoms with Crippen molar-refractivity contribution in [3.63, 3.8) is 0 Å². The summed E-state index contributed by atoms with van der Waals surface area (Å²) in [5, 5.41) is 11.7. The summed E-state index contributed by atoms with van der Waals surface area (Å²) in [6.07, 6.45) is 10.7. The Morgan fingerprint density at radius 3 is 2.88 bits per heavy atom. The van der Waals surface area contributed by atoms with Gasteiger partial charge in [0.15, 0.2) is 0 Å². The average molecular weight is 225 g/mol. The summed E-state index contributed by atoms with van der Waals surface area (Å²) >= 11 is 0. The molecule has 0 amide bonds. The van der Waals surface area contributed by atoms with Gasteiger partial charge in [-0.2, -0.15) is 0 Å². The lowest BCUT2D eigenvalue weighted by molar-refractivity contribution is -0.0136. The zero-order valence-electron chi connectivity index (χ0n) is 9.62. The Balaban J connectivity index is 1.81. The largest absolute Gasteiger partial charge is 0.411 e. The van der Waals surface area contributed by atoms with Gasteiger partial charge in [-0.15, -0.1) is 0 Å². The third-order valence-electron chi connectivity index (χ3n) is 3.21. The number of oxime groups is 1. The van der Waals surface area contributed by atoms with Gasteiger partial charge in [0.05, 0.1) is 12.3 Å². The van der Waals surface area contributed by atoms with E-state index in [-0.39, 0.29) is 6.17 Å². The van der Waals surface area contributed by atoms with Gasteiger partial charge in [0.2, 0.25) is 0 Å². The molecule has 0 saturated heterocycles. The van der Waals surface area contributed by atoms with Crippen molar-refractivity contribution in [2.45, 2.75) is 38.0 Å². The van der Waals surface area contributed by atoms with Gasteiger partial charge >= 0.3 is 0 Å². The maximum Gasteiger partial charge on any atom is 0.142 e. The summed E-state index contributed by atoms with van der Waals surface area (Å²) in [4.78, 5) is 3.98. The lowest BCUT2D eigenvalue weighted by Gasteiger charge is -2.27. The highest BCUT2D eigenvalue weighted by Gasteiger charge is 2.23. The molecule has 1 aliphatic heterocycles. The van der Waals surface area contributed by atoms with Crippen molar-refractivity contribution in [2.24, 2.45) is 5.16 Å². The molecule has 1 aliphatic carbocycles. The topological polar surface area (TPSA) is 48.3 Å². The molecule has 1 saturated carbocycles. The first-order valence-corrected chi connectivity index (χ1v) is 5.76. The summed E-state index contributed by atoms with van der Waals surface area (Å²) in [5.41, 5.74) is 0. The summed E-state index contributed by atoms with van der Waals surface area (Å²) in [6.45, 7) is 0.558. The van der Waals surface area contributed by atoms with Gasteiger partial charge in [0, 0.05) is 19.4 Å². The number of nitrogens with zero attached hydrogens (tertiary/aromatic N) is 3. The van der Waals surface area contributed by atoms with Crippen LogP contribution in [0.3, 0.4) is 0 Å². The van der Waals surface area contributed by atoms with Crippen molar-refractivity contribution in [1.29, 1.82) is 0 Å². The van der Waals surface area contributed by atoms with Gasteiger partial charge in [-0.3, -0.25) is 0 Å². The van der Waals surface area contributed by atoms with E-state index in [1.54, 1.807) is 0 Å². The molecule has 0 bridgehead atoms. The van der Waals surface area contributed by atoms with Crippen LogP contribution in [0.15, 0.2) is 17.6 Å². The lowest BCUT2D eigenvalue weighted by Crippen LogP contribution is -2.39. The molecule has 0 spiro atoms. The van der Waals surface area contributed by atoms with Crippen LogP contribution in [0.5, 0.6) is 0 Å². The number of hydrogen-bond donors (Lipinski definition) is 1. The second kappa shape index (κ2) is 5.21. The van der Waals surface area contributed by atoms with Crippen molar-refractivity contribution >= 4 is 6.21 Å². The van der Waals surface area contributed by atoms with Crippen LogP contribution in [0.25, 0.3) is 0 Å². The van der Waals surface area contributed by atoms with Crippen LogP contribution in [0.2, 0.25) is 0 Å². The normalized spacial score (nSPS) is 26.4. The highest BCUT2D eigenvalue weighted by Crippen LogP contribution is 2.22. The van der Waals surface area contributed by atoms with Crippen molar-refractivity contribution in [1.82, 2.24) is 9.80 Å². The molecule has 0 aromatic heterocycles. The second-order valence-corrected chi connectivity index (χ2v) is 4.36. The average Bonchev–Trinajstić information content (AvgIpc) is 2.89. The fourth-order valence-electron chi connectivity index (χ4n) is 2.22. The Hall–Kier alpha value is -1.23. The van der Waals surface area contributed by atoms with E-state index in [1.165, 1.54) is 31.9 Å². The fraction of sp³-hybridized carbons (Fsp3) is 0.727. The van der Waals surface area contributed by atoms with Gasteiger partial charge in [-0.1, -0.05) is 18.0 Å². The van der Waals surface area contributed by atoms with Gasteiger partial charge in [-0.05, 0) is 12.8 Å². The van der Waals surface area contributed by atoms with E-state index in [0.29, 0.717) is 12.8 Å². The van der Waals surface area contributed by atoms with Crippen LogP contribution in [0.1, 0.15) is 25.7 Å². The minimum absolute atomic E-state index is 0.0357. The Kier molecular flexibility index (Phi) is 3.66. The molecule has 5 nitrogen and oxygen atoms in total. The Bertz CT molecular complexity index is 274. The lowest BCUT2D eigenvalue weighted by atomic mass is 10.3. The van der Waals surface area contributed by atoms with Crippen molar-refractivity contribution in [3.05, 3.63) is 12.4 Å². The van der Waals surface area contributed by atoms with E-state index in [0.717, 1.165) is 0 Å². The molecular weight excluding hydrogens is 206 g/mol.